The monoisotopic (exact) mass is 413 g/mol. The number of imide groups is 1. The van der Waals surface area contributed by atoms with Crippen molar-refractivity contribution < 1.29 is 9.59 Å². The smallest absolute Gasteiger partial charge is 0.323 e. The summed E-state index contributed by atoms with van der Waals surface area (Å²) < 4.78 is 0. The van der Waals surface area contributed by atoms with E-state index in [9.17, 15) is 9.59 Å². The molecule has 1 saturated carbocycles. The number of aromatic nitrogens is 1. The van der Waals surface area contributed by atoms with E-state index >= 15 is 0 Å². The first-order valence-corrected chi connectivity index (χ1v) is 11.2. The highest BCUT2D eigenvalue weighted by Gasteiger charge is 2.53. The molecule has 7 heteroatoms. The standard InChI is InChI=1S/C23H35N5O2/c1-22(2,3)19-4-8-23(9-5-19)20(29)28(21(30)25-23)17-27-14-12-26(13-15-27)16-18-6-10-24-11-7-18/h6-7,10-11,19H,4-5,8-9,12-17H2,1-3H3,(H,25,30). The van der Waals surface area contributed by atoms with Gasteiger partial charge in [-0.25, -0.2) is 9.69 Å². The van der Waals surface area contributed by atoms with Gasteiger partial charge in [-0.3, -0.25) is 19.6 Å². The van der Waals surface area contributed by atoms with Crippen molar-refractivity contribution in [2.75, 3.05) is 32.8 Å². The fourth-order valence-electron chi connectivity index (χ4n) is 5.16. The van der Waals surface area contributed by atoms with E-state index in [1.807, 2.05) is 24.5 Å². The van der Waals surface area contributed by atoms with Crippen LogP contribution in [0, 0.1) is 11.3 Å². The predicted molar refractivity (Wildman–Crippen MR) is 115 cm³/mol. The SMILES string of the molecule is CC(C)(C)C1CCC2(CC1)NC(=O)N(CN1CCN(Cc3ccncc3)CC1)C2=O. The quantitative estimate of drug-likeness (QED) is 0.769. The molecular formula is C23H35N5O2. The van der Waals surface area contributed by atoms with Crippen LogP contribution in [-0.2, 0) is 11.3 Å². The Labute approximate surface area is 179 Å². The van der Waals surface area contributed by atoms with Crippen molar-refractivity contribution in [3.63, 3.8) is 0 Å². The molecule has 0 bridgehead atoms. The number of urea groups is 1. The van der Waals surface area contributed by atoms with Crippen molar-refractivity contribution in [3.05, 3.63) is 30.1 Å². The Bertz CT molecular complexity index is 760. The zero-order valence-corrected chi connectivity index (χ0v) is 18.6. The van der Waals surface area contributed by atoms with Crippen molar-refractivity contribution in [2.45, 2.75) is 58.5 Å². The number of carbonyl (C=O) groups is 2. The summed E-state index contributed by atoms with van der Waals surface area (Å²) in [5, 5.41) is 3.07. The molecule has 3 fully saturated rings. The van der Waals surface area contributed by atoms with Gasteiger partial charge in [0.15, 0.2) is 0 Å². The van der Waals surface area contributed by atoms with E-state index in [0.717, 1.165) is 58.4 Å². The minimum Gasteiger partial charge on any atom is -0.323 e. The summed E-state index contributed by atoms with van der Waals surface area (Å²) in [7, 11) is 0. The van der Waals surface area contributed by atoms with Crippen LogP contribution in [0.3, 0.4) is 0 Å². The third kappa shape index (κ3) is 4.37. The second-order valence-electron chi connectivity index (χ2n) is 10.3. The van der Waals surface area contributed by atoms with Crippen LogP contribution in [-0.4, -0.2) is 70.0 Å². The Hall–Kier alpha value is -1.99. The van der Waals surface area contributed by atoms with Crippen LogP contribution in [0.15, 0.2) is 24.5 Å². The fraction of sp³-hybridized carbons (Fsp3) is 0.696. The van der Waals surface area contributed by atoms with E-state index in [1.54, 1.807) is 0 Å². The van der Waals surface area contributed by atoms with E-state index < -0.39 is 5.54 Å². The number of piperazine rings is 1. The molecule has 2 aliphatic heterocycles. The lowest BCUT2D eigenvalue weighted by Gasteiger charge is -2.41. The summed E-state index contributed by atoms with van der Waals surface area (Å²) in [5.41, 5.74) is 0.852. The molecule has 1 aliphatic carbocycles. The van der Waals surface area contributed by atoms with Crippen LogP contribution < -0.4 is 5.32 Å². The van der Waals surface area contributed by atoms with Gasteiger partial charge in [-0.05, 0) is 54.7 Å². The topological polar surface area (TPSA) is 68.8 Å². The molecule has 3 aliphatic rings. The third-order valence-corrected chi connectivity index (χ3v) is 7.27. The van der Waals surface area contributed by atoms with Gasteiger partial charge in [0, 0.05) is 45.1 Å². The molecule has 3 amide bonds. The largest absolute Gasteiger partial charge is 0.326 e. The molecule has 7 nitrogen and oxygen atoms in total. The summed E-state index contributed by atoms with van der Waals surface area (Å²) in [5.74, 6) is 0.592. The molecule has 1 aromatic rings. The number of pyridine rings is 1. The third-order valence-electron chi connectivity index (χ3n) is 7.27. The summed E-state index contributed by atoms with van der Waals surface area (Å²) in [6.07, 6.45) is 7.17. The molecule has 1 N–H and O–H groups in total. The first-order chi connectivity index (χ1) is 14.3. The Morgan fingerprint density at radius 2 is 1.63 bits per heavy atom. The highest BCUT2D eigenvalue weighted by atomic mass is 16.2. The maximum absolute atomic E-state index is 13.2. The van der Waals surface area contributed by atoms with Crippen molar-refractivity contribution in [3.8, 4) is 0 Å². The average Bonchev–Trinajstić information content (AvgIpc) is 2.94. The highest BCUT2D eigenvalue weighted by molar-refractivity contribution is 6.07. The van der Waals surface area contributed by atoms with Gasteiger partial charge in [0.2, 0.25) is 0 Å². The number of amides is 3. The van der Waals surface area contributed by atoms with Crippen LogP contribution in [0.2, 0.25) is 0 Å². The van der Waals surface area contributed by atoms with Gasteiger partial charge in [0.1, 0.15) is 5.54 Å². The highest BCUT2D eigenvalue weighted by Crippen LogP contribution is 2.43. The molecular weight excluding hydrogens is 378 g/mol. The second kappa shape index (κ2) is 8.27. The Morgan fingerprint density at radius 3 is 2.23 bits per heavy atom. The second-order valence-corrected chi connectivity index (χ2v) is 10.3. The van der Waals surface area contributed by atoms with Crippen molar-refractivity contribution in [2.24, 2.45) is 11.3 Å². The summed E-state index contributed by atoms with van der Waals surface area (Å²) in [6, 6.07) is 3.88. The number of rotatable bonds is 4. The zero-order chi connectivity index (χ0) is 21.4. The molecule has 0 aromatic carbocycles. The lowest BCUT2D eigenvalue weighted by Crippen LogP contribution is -2.53. The van der Waals surface area contributed by atoms with E-state index in [1.165, 1.54) is 10.5 Å². The first-order valence-electron chi connectivity index (χ1n) is 11.2. The van der Waals surface area contributed by atoms with E-state index in [0.29, 0.717) is 12.6 Å². The molecule has 30 heavy (non-hydrogen) atoms. The number of nitrogens with zero attached hydrogens (tertiary/aromatic N) is 4. The van der Waals surface area contributed by atoms with Crippen LogP contribution in [0.5, 0.6) is 0 Å². The van der Waals surface area contributed by atoms with Crippen LogP contribution in [0.1, 0.15) is 52.0 Å². The van der Waals surface area contributed by atoms with Gasteiger partial charge in [-0.1, -0.05) is 20.8 Å². The summed E-state index contributed by atoms with van der Waals surface area (Å²) >= 11 is 0. The molecule has 2 saturated heterocycles. The fourth-order valence-corrected chi connectivity index (χ4v) is 5.16. The molecule has 1 aromatic heterocycles. The molecule has 0 unspecified atom stereocenters. The number of hydrogen-bond acceptors (Lipinski definition) is 5. The Kier molecular flexibility index (Phi) is 5.86. The minimum atomic E-state index is -0.665. The summed E-state index contributed by atoms with van der Waals surface area (Å²) in [4.78, 5) is 36.1. The summed E-state index contributed by atoms with van der Waals surface area (Å²) in [6.45, 7) is 11.7. The van der Waals surface area contributed by atoms with Gasteiger partial charge < -0.3 is 5.32 Å². The molecule has 1 spiro atoms. The molecule has 4 rings (SSSR count). The Balaban J connectivity index is 1.29. The van der Waals surface area contributed by atoms with Crippen LogP contribution >= 0.6 is 0 Å². The van der Waals surface area contributed by atoms with Crippen molar-refractivity contribution in [1.29, 1.82) is 0 Å². The maximum atomic E-state index is 13.2. The minimum absolute atomic E-state index is 0.0147. The number of nitrogens with one attached hydrogen (secondary N) is 1. The number of hydrogen-bond donors (Lipinski definition) is 1. The van der Waals surface area contributed by atoms with Crippen LogP contribution in [0.4, 0.5) is 4.79 Å². The number of carbonyl (C=O) groups excluding carboxylic acids is 2. The maximum Gasteiger partial charge on any atom is 0.326 e. The molecule has 0 atom stereocenters. The van der Waals surface area contributed by atoms with Gasteiger partial charge in [0.05, 0.1) is 6.67 Å². The van der Waals surface area contributed by atoms with Gasteiger partial charge >= 0.3 is 6.03 Å². The average molecular weight is 414 g/mol. The van der Waals surface area contributed by atoms with E-state index in [-0.39, 0.29) is 17.4 Å². The van der Waals surface area contributed by atoms with Crippen molar-refractivity contribution in [1.82, 2.24) is 25.0 Å². The zero-order valence-electron chi connectivity index (χ0n) is 18.6. The van der Waals surface area contributed by atoms with Gasteiger partial charge in [-0.15, -0.1) is 0 Å². The Morgan fingerprint density at radius 1 is 1.03 bits per heavy atom. The van der Waals surface area contributed by atoms with Gasteiger partial charge in [-0.2, -0.15) is 0 Å². The predicted octanol–water partition coefficient (Wildman–Crippen LogP) is 2.68. The van der Waals surface area contributed by atoms with Gasteiger partial charge in [0.25, 0.3) is 5.91 Å². The molecule has 0 radical (unpaired) electrons. The molecule has 3 heterocycles. The van der Waals surface area contributed by atoms with E-state index in [4.69, 9.17) is 0 Å². The lowest BCUT2D eigenvalue weighted by atomic mass is 9.67. The van der Waals surface area contributed by atoms with Crippen LogP contribution in [0.25, 0.3) is 0 Å². The normalized spacial score (nSPS) is 28.9. The van der Waals surface area contributed by atoms with Crippen molar-refractivity contribution >= 4 is 11.9 Å². The first kappa shape index (κ1) is 21.2. The lowest BCUT2D eigenvalue weighted by molar-refractivity contribution is -0.134. The molecule has 164 valence electrons. The van der Waals surface area contributed by atoms with E-state index in [2.05, 4.69) is 40.9 Å².